The average molecular weight is 234 g/mol. The number of rotatable bonds is 4. The lowest BCUT2D eigenvalue weighted by Crippen LogP contribution is -2.53. The number of hydrogen-bond donors (Lipinski definition) is 2. The summed E-state index contributed by atoms with van der Waals surface area (Å²) >= 11 is 0. The monoisotopic (exact) mass is 234 g/mol. The van der Waals surface area contributed by atoms with Crippen LogP contribution in [-0.4, -0.2) is 25.1 Å². The Balaban J connectivity index is 2.24. The first-order valence-corrected chi connectivity index (χ1v) is 5.90. The summed E-state index contributed by atoms with van der Waals surface area (Å²) in [5.74, 6) is 0. The fourth-order valence-corrected chi connectivity index (χ4v) is 2.38. The van der Waals surface area contributed by atoms with E-state index < -0.39 is 5.54 Å². The van der Waals surface area contributed by atoms with E-state index in [-0.39, 0.29) is 6.10 Å². The molecule has 0 amide bonds. The molecule has 0 radical (unpaired) electrons. The first-order chi connectivity index (χ1) is 8.26. The van der Waals surface area contributed by atoms with E-state index in [1.165, 1.54) is 0 Å². The Morgan fingerprint density at radius 3 is 2.53 bits per heavy atom. The molecule has 0 saturated carbocycles. The second kappa shape index (κ2) is 5.29. The maximum atomic E-state index is 10.7. The molecule has 0 spiro atoms. The van der Waals surface area contributed by atoms with Crippen molar-refractivity contribution >= 4 is 6.47 Å². The predicted octanol–water partition coefficient (Wildman–Crippen LogP) is 0.982. The normalized spacial score (nSPS) is 20.5. The molecule has 1 aliphatic heterocycles. The van der Waals surface area contributed by atoms with Gasteiger partial charge >= 0.3 is 0 Å². The van der Waals surface area contributed by atoms with Gasteiger partial charge in [-0.05, 0) is 31.5 Å². The quantitative estimate of drug-likeness (QED) is 0.762. The van der Waals surface area contributed by atoms with E-state index in [1.807, 2.05) is 30.3 Å². The van der Waals surface area contributed by atoms with E-state index in [0.717, 1.165) is 31.5 Å². The zero-order chi connectivity index (χ0) is 12.1. The van der Waals surface area contributed by atoms with Crippen molar-refractivity contribution in [2.75, 3.05) is 13.1 Å². The molecule has 92 valence electrons. The van der Waals surface area contributed by atoms with Crippen LogP contribution in [0.3, 0.4) is 0 Å². The summed E-state index contributed by atoms with van der Waals surface area (Å²) < 4.78 is 5.24. The van der Waals surface area contributed by atoms with E-state index in [0.29, 0.717) is 6.47 Å². The topological polar surface area (TPSA) is 64.3 Å². The minimum absolute atomic E-state index is 0.358. The Bertz CT molecular complexity index is 361. The van der Waals surface area contributed by atoms with Gasteiger partial charge in [0.05, 0.1) is 5.54 Å². The molecule has 1 atom stereocenters. The van der Waals surface area contributed by atoms with Gasteiger partial charge in [0, 0.05) is 0 Å². The predicted molar refractivity (Wildman–Crippen MR) is 65.4 cm³/mol. The van der Waals surface area contributed by atoms with Crippen molar-refractivity contribution in [3.63, 3.8) is 0 Å². The van der Waals surface area contributed by atoms with Crippen LogP contribution in [-0.2, 0) is 9.53 Å². The number of carbonyl (C=O) groups is 1. The van der Waals surface area contributed by atoms with Crippen LogP contribution in [0.4, 0.5) is 0 Å². The molecule has 0 aliphatic carbocycles. The van der Waals surface area contributed by atoms with Gasteiger partial charge in [-0.1, -0.05) is 30.3 Å². The molecule has 1 unspecified atom stereocenters. The number of ether oxygens (including phenoxy) is 1. The Hall–Kier alpha value is -1.39. The molecule has 2 rings (SSSR count). The van der Waals surface area contributed by atoms with Gasteiger partial charge in [-0.2, -0.15) is 0 Å². The summed E-state index contributed by atoms with van der Waals surface area (Å²) in [7, 11) is 0. The Morgan fingerprint density at radius 2 is 1.94 bits per heavy atom. The highest BCUT2D eigenvalue weighted by atomic mass is 16.5. The highest BCUT2D eigenvalue weighted by Crippen LogP contribution is 2.33. The van der Waals surface area contributed by atoms with Crippen molar-refractivity contribution in [1.82, 2.24) is 5.32 Å². The summed E-state index contributed by atoms with van der Waals surface area (Å²) in [5.41, 5.74) is 6.89. The number of nitrogens with two attached hydrogens (primary N) is 1. The number of benzene rings is 1. The van der Waals surface area contributed by atoms with Crippen molar-refractivity contribution in [2.24, 2.45) is 5.73 Å². The van der Waals surface area contributed by atoms with Crippen LogP contribution >= 0.6 is 0 Å². The SMILES string of the molecule is NC1(C(OC=O)c2ccccc2)CCNCC1. The molecule has 4 nitrogen and oxygen atoms in total. The fraction of sp³-hybridized carbons (Fsp3) is 0.462. The van der Waals surface area contributed by atoms with Crippen molar-refractivity contribution in [2.45, 2.75) is 24.5 Å². The lowest BCUT2D eigenvalue weighted by molar-refractivity contribution is -0.138. The van der Waals surface area contributed by atoms with E-state index in [9.17, 15) is 4.79 Å². The molecule has 1 aliphatic rings. The molecule has 4 heteroatoms. The van der Waals surface area contributed by atoms with Gasteiger partial charge in [0.25, 0.3) is 6.47 Å². The van der Waals surface area contributed by atoms with Crippen LogP contribution in [0.1, 0.15) is 24.5 Å². The second-order valence-corrected chi connectivity index (χ2v) is 4.51. The highest BCUT2D eigenvalue weighted by Gasteiger charge is 2.38. The number of piperidine rings is 1. The minimum atomic E-state index is -0.465. The van der Waals surface area contributed by atoms with Crippen molar-refractivity contribution in [1.29, 1.82) is 0 Å². The number of nitrogens with one attached hydrogen (secondary N) is 1. The van der Waals surface area contributed by atoms with Crippen molar-refractivity contribution < 1.29 is 9.53 Å². The third-order valence-electron chi connectivity index (χ3n) is 3.35. The van der Waals surface area contributed by atoms with Crippen LogP contribution < -0.4 is 11.1 Å². The number of carbonyl (C=O) groups excluding carboxylic acids is 1. The Morgan fingerprint density at radius 1 is 1.29 bits per heavy atom. The van der Waals surface area contributed by atoms with Crippen LogP contribution in [0.5, 0.6) is 0 Å². The molecule has 1 fully saturated rings. The standard InChI is InChI=1S/C13H18N2O2/c14-13(6-8-15-9-7-13)12(17-10-16)11-4-2-1-3-5-11/h1-5,10,12,15H,6-9,14H2. The van der Waals surface area contributed by atoms with Gasteiger partial charge in [-0.3, -0.25) is 4.79 Å². The van der Waals surface area contributed by atoms with E-state index >= 15 is 0 Å². The van der Waals surface area contributed by atoms with Crippen LogP contribution in [0, 0.1) is 0 Å². The number of hydrogen-bond acceptors (Lipinski definition) is 4. The summed E-state index contributed by atoms with van der Waals surface area (Å²) in [6.07, 6.45) is 1.25. The van der Waals surface area contributed by atoms with Crippen molar-refractivity contribution in [3.8, 4) is 0 Å². The molecule has 0 bridgehead atoms. The summed E-state index contributed by atoms with van der Waals surface area (Å²) in [4.78, 5) is 10.7. The largest absolute Gasteiger partial charge is 0.458 e. The van der Waals surface area contributed by atoms with Gasteiger partial charge in [0.1, 0.15) is 6.10 Å². The van der Waals surface area contributed by atoms with Gasteiger partial charge in [0.2, 0.25) is 0 Å². The van der Waals surface area contributed by atoms with E-state index in [2.05, 4.69) is 5.32 Å². The lowest BCUT2D eigenvalue weighted by atomic mass is 9.81. The van der Waals surface area contributed by atoms with Crippen LogP contribution in [0.15, 0.2) is 30.3 Å². The molecule has 1 aromatic rings. The molecular weight excluding hydrogens is 216 g/mol. The maximum absolute atomic E-state index is 10.7. The molecule has 1 heterocycles. The minimum Gasteiger partial charge on any atom is -0.458 e. The van der Waals surface area contributed by atoms with Crippen LogP contribution in [0.25, 0.3) is 0 Å². The third-order valence-corrected chi connectivity index (χ3v) is 3.35. The molecule has 0 aromatic heterocycles. The molecule has 1 aromatic carbocycles. The van der Waals surface area contributed by atoms with Gasteiger partial charge in [-0.15, -0.1) is 0 Å². The maximum Gasteiger partial charge on any atom is 0.293 e. The Kier molecular flexibility index (Phi) is 3.76. The molecule has 1 saturated heterocycles. The zero-order valence-electron chi connectivity index (χ0n) is 9.76. The van der Waals surface area contributed by atoms with Gasteiger partial charge in [0.15, 0.2) is 0 Å². The van der Waals surface area contributed by atoms with Gasteiger partial charge < -0.3 is 15.8 Å². The molecule has 17 heavy (non-hydrogen) atoms. The van der Waals surface area contributed by atoms with Gasteiger partial charge in [-0.25, -0.2) is 0 Å². The zero-order valence-corrected chi connectivity index (χ0v) is 9.76. The van der Waals surface area contributed by atoms with E-state index in [1.54, 1.807) is 0 Å². The molecular formula is C13H18N2O2. The highest BCUT2D eigenvalue weighted by molar-refractivity contribution is 5.39. The van der Waals surface area contributed by atoms with Crippen LogP contribution in [0.2, 0.25) is 0 Å². The summed E-state index contributed by atoms with van der Waals surface area (Å²) in [6, 6.07) is 9.70. The average Bonchev–Trinajstić information content (AvgIpc) is 2.38. The molecule has 3 N–H and O–H groups in total. The Labute approximate surface area is 101 Å². The first-order valence-electron chi connectivity index (χ1n) is 5.90. The fourth-order valence-electron chi connectivity index (χ4n) is 2.38. The smallest absolute Gasteiger partial charge is 0.293 e. The first kappa shape index (κ1) is 12.1. The van der Waals surface area contributed by atoms with Crippen molar-refractivity contribution in [3.05, 3.63) is 35.9 Å². The summed E-state index contributed by atoms with van der Waals surface area (Å²) in [5, 5.41) is 3.26. The second-order valence-electron chi connectivity index (χ2n) is 4.51. The third kappa shape index (κ3) is 2.65. The lowest BCUT2D eigenvalue weighted by Gasteiger charge is -2.39. The summed E-state index contributed by atoms with van der Waals surface area (Å²) in [6.45, 7) is 2.22. The van der Waals surface area contributed by atoms with E-state index in [4.69, 9.17) is 10.5 Å².